The van der Waals surface area contributed by atoms with E-state index in [1.165, 1.54) is 0 Å². The number of hydrogen-bond donors (Lipinski definition) is 1. The van der Waals surface area contributed by atoms with Crippen molar-refractivity contribution in [3.63, 3.8) is 0 Å². The van der Waals surface area contributed by atoms with Gasteiger partial charge in [0.25, 0.3) is 5.56 Å². The summed E-state index contributed by atoms with van der Waals surface area (Å²) >= 11 is 0. The van der Waals surface area contributed by atoms with Gasteiger partial charge in [-0.15, -0.1) is 0 Å². The van der Waals surface area contributed by atoms with E-state index in [1.54, 1.807) is 20.3 Å². The lowest BCUT2D eigenvalue weighted by molar-refractivity contribution is 0.122. The molecule has 0 aliphatic carbocycles. The fourth-order valence-electron chi connectivity index (χ4n) is 4.29. The van der Waals surface area contributed by atoms with Crippen molar-refractivity contribution in [2.75, 3.05) is 58.5 Å². The van der Waals surface area contributed by atoms with Gasteiger partial charge in [0.1, 0.15) is 11.5 Å². The highest BCUT2D eigenvalue weighted by atomic mass is 16.5. The molecule has 0 spiro atoms. The zero-order valence-electron chi connectivity index (χ0n) is 17.7. The molecule has 2 saturated heterocycles. The van der Waals surface area contributed by atoms with Crippen LogP contribution in [-0.2, 0) is 11.3 Å². The van der Waals surface area contributed by atoms with Crippen LogP contribution < -0.4 is 19.9 Å². The Balaban J connectivity index is 1.43. The third kappa shape index (κ3) is 4.60. The Morgan fingerprint density at radius 1 is 1.10 bits per heavy atom. The zero-order chi connectivity index (χ0) is 20.9. The molecule has 3 heterocycles. The van der Waals surface area contributed by atoms with Gasteiger partial charge in [0.05, 0.1) is 38.7 Å². The van der Waals surface area contributed by atoms with Crippen LogP contribution >= 0.6 is 0 Å². The van der Waals surface area contributed by atoms with Crippen LogP contribution in [0.2, 0.25) is 0 Å². The Morgan fingerprint density at radius 2 is 1.77 bits per heavy atom. The molecule has 1 aromatic carbocycles. The van der Waals surface area contributed by atoms with Crippen LogP contribution in [-0.4, -0.2) is 68.5 Å². The summed E-state index contributed by atoms with van der Waals surface area (Å²) in [5.41, 5.74) is 1.89. The molecule has 1 N–H and O–H groups in total. The summed E-state index contributed by atoms with van der Waals surface area (Å²) in [6.07, 6.45) is 1.94. The predicted octanol–water partition coefficient (Wildman–Crippen LogP) is 2.00. The van der Waals surface area contributed by atoms with Gasteiger partial charge >= 0.3 is 0 Å². The van der Waals surface area contributed by atoms with Crippen molar-refractivity contribution in [1.82, 2.24) is 14.9 Å². The Bertz CT molecular complexity index is 880. The maximum atomic E-state index is 12.3. The second-order valence-electron chi connectivity index (χ2n) is 7.78. The number of H-pyrrole nitrogens is 1. The van der Waals surface area contributed by atoms with Crippen LogP contribution in [0.1, 0.15) is 30.0 Å². The van der Waals surface area contributed by atoms with E-state index in [0.29, 0.717) is 25.1 Å². The van der Waals surface area contributed by atoms with Gasteiger partial charge < -0.3 is 19.1 Å². The number of hydrogen-bond acceptors (Lipinski definition) is 7. The minimum atomic E-state index is -0.0809. The van der Waals surface area contributed by atoms with Crippen LogP contribution in [0.25, 0.3) is 0 Å². The summed E-state index contributed by atoms with van der Waals surface area (Å²) in [7, 11) is 3.38. The Morgan fingerprint density at radius 3 is 2.40 bits per heavy atom. The minimum absolute atomic E-state index is 0.0809. The first-order valence-corrected chi connectivity index (χ1v) is 10.5. The van der Waals surface area contributed by atoms with Gasteiger partial charge in [-0.1, -0.05) is 6.07 Å². The lowest BCUT2D eigenvalue weighted by Gasteiger charge is -2.33. The Kier molecular flexibility index (Phi) is 6.54. The van der Waals surface area contributed by atoms with E-state index in [1.807, 2.05) is 18.2 Å². The molecule has 8 nitrogen and oxygen atoms in total. The van der Waals surface area contributed by atoms with E-state index in [0.717, 1.165) is 68.3 Å². The fourth-order valence-corrected chi connectivity index (χ4v) is 4.29. The number of ether oxygens (including phenoxy) is 3. The molecule has 0 radical (unpaired) electrons. The average Bonchev–Trinajstić information content (AvgIpc) is 2.80. The maximum absolute atomic E-state index is 12.3. The molecular weight excluding hydrogens is 384 g/mol. The van der Waals surface area contributed by atoms with Crippen LogP contribution in [0.4, 0.5) is 5.95 Å². The van der Waals surface area contributed by atoms with Gasteiger partial charge in [0.15, 0.2) is 0 Å². The molecule has 2 aromatic rings. The number of rotatable bonds is 6. The second kappa shape index (κ2) is 9.49. The van der Waals surface area contributed by atoms with E-state index in [9.17, 15) is 4.79 Å². The molecule has 0 unspecified atom stereocenters. The third-order valence-corrected chi connectivity index (χ3v) is 5.98. The average molecular weight is 415 g/mol. The summed E-state index contributed by atoms with van der Waals surface area (Å²) in [6, 6.07) is 7.54. The van der Waals surface area contributed by atoms with Crippen molar-refractivity contribution in [3.8, 4) is 11.5 Å². The summed E-state index contributed by atoms with van der Waals surface area (Å²) in [6.45, 7) is 5.50. The summed E-state index contributed by atoms with van der Waals surface area (Å²) < 4.78 is 16.5. The number of aromatic nitrogens is 2. The van der Waals surface area contributed by atoms with Gasteiger partial charge in [-0.3, -0.25) is 14.7 Å². The first-order chi connectivity index (χ1) is 14.7. The molecule has 2 aliphatic rings. The van der Waals surface area contributed by atoms with E-state index < -0.39 is 0 Å². The van der Waals surface area contributed by atoms with Crippen LogP contribution in [0.3, 0.4) is 0 Å². The maximum Gasteiger partial charge on any atom is 0.252 e. The molecule has 4 rings (SSSR count). The van der Waals surface area contributed by atoms with Gasteiger partial charge in [-0.25, -0.2) is 4.98 Å². The van der Waals surface area contributed by atoms with E-state index >= 15 is 0 Å². The first-order valence-electron chi connectivity index (χ1n) is 10.5. The SMILES string of the molecule is COc1cccc(OC)c1CN1CCC(c2cc(=O)[nH]c(N3CCOCC3)n2)CC1. The molecule has 2 aliphatic heterocycles. The number of likely N-dealkylation sites (tertiary alicyclic amines) is 1. The van der Waals surface area contributed by atoms with Crippen molar-refractivity contribution in [2.45, 2.75) is 25.3 Å². The van der Waals surface area contributed by atoms with Crippen molar-refractivity contribution < 1.29 is 14.2 Å². The summed E-state index contributed by atoms with van der Waals surface area (Å²) in [5, 5.41) is 0. The van der Waals surface area contributed by atoms with Crippen LogP contribution in [0.5, 0.6) is 11.5 Å². The van der Waals surface area contributed by atoms with Crippen molar-refractivity contribution >= 4 is 5.95 Å². The largest absolute Gasteiger partial charge is 0.496 e. The lowest BCUT2D eigenvalue weighted by atomic mass is 9.93. The summed E-state index contributed by atoms with van der Waals surface area (Å²) in [5.74, 6) is 2.66. The lowest BCUT2D eigenvalue weighted by Crippen LogP contribution is -2.39. The van der Waals surface area contributed by atoms with E-state index in [4.69, 9.17) is 19.2 Å². The number of morpholine rings is 1. The summed E-state index contributed by atoms with van der Waals surface area (Å²) in [4.78, 5) is 24.4. The highest BCUT2D eigenvalue weighted by Gasteiger charge is 2.25. The van der Waals surface area contributed by atoms with Crippen molar-refractivity contribution in [1.29, 1.82) is 0 Å². The van der Waals surface area contributed by atoms with E-state index in [2.05, 4.69) is 14.8 Å². The van der Waals surface area contributed by atoms with Gasteiger partial charge in [0, 0.05) is 31.6 Å². The van der Waals surface area contributed by atoms with Crippen LogP contribution in [0, 0.1) is 0 Å². The smallest absolute Gasteiger partial charge is 0.252 e. The number of nitrogens with zero attached hydrogens (tertiary/aromatic N) is 3. The van der Waals surface area contributed by atoms with Crippen molar-refractivity contribution in [2.24, 2.45) is 0 Å². The highest BCUT2D eigenvalue weighted by molar-refractivity contribution is 5.44. The third-order valence-electron chi connectivity index (χ3n) is 5.98. The minimum Gasteiger partial charge on any atom is -0.496 e. The Labute approximate surface area is 176 Å². The van der Waals surface area contributed by atoms with E-state index in [-0.39, 0.29) is 5.56 Å². The molecule has 0 bridgehead atoms. The number of anilines is 1. The number of piperidine rings is 1. The molecule has 2 fully saturated rings. The van der Waals surface area contributed by atoms with Crippen LogP contribution in [0.15, 0.2) is 29.1 Å². The van der Waals surface area contributed by atoms with Crippen molar-refractivity contribution in [3.05, 3.63) is 45.9 Å². The highest BCUT2D eigenvalue weighted by Crippen LogP contribution is 2.32. The normalized spacial score (nSPS) is 18.4. The monoisotopic (exact) mass is 414 g/mol. The molecule has 30 heavy (non-hydrogen) atoms. The van der Waals surface area contributed by atoms with Gasteiger partial charge in [-0.2, -0.15) is 0 Å². The number of aromatic amines is 1. The fraction of sp³-hybridized carbons (Fsp3) is 0.545. The number of nitrogens with one attached hydrogen (secondary N) is 1. The molecular formula is C22H30N4O4. The molecule has 0 amide bonds. The molecule has 0 atom stereocenters. The first kappa shape index (κ1) is 20.7. The molecule has 162 valence electrons. The topological polar surface area (TPSA) is 79.9 Å². The standard InChI is InChI=1S/C22H30N4O4/c1-28-19-4-3-5-20(29-2)17(19)15-25-8-6-16(7-9-25)18-14-21(27)24-22(23-18)26-10-12-30-13-11-26/h3-5,14,16H,6-13,15H2,1-2H3,(H,23,24,27). The predicted molar refractivity (Wildman–Crippen MR) is 115 cm³/mol. The molecule has 0 saturated carbocycles. The second-order valence-corrected chi connectivity index (χ2v) is 7.78. The molecule has 1 aromatic heterocycles. The van der Waals surface area contributed by atoms with Gasteiger partial charge in [0.2, 0.25) is 5.95 Å². The van der Waals surface area contributed by atoms with Gasteiger partial charge in [-0.05, 0) is 38.1 Å². The molecule has 8 heteroatoms. The number of benzene rings is 1. The number of methoxy groups -OCH3 is 2. The quantitative estimate of drug-likeness (QED) is 0.774. The Hall–Kier alpha value is -2.58. The zero-order valence-corrected chi connectivity index (χ0v) is 17.7.